The van der Waals surface area contributed by atoms with Gasteiger partial charge in [0.15, 0.2) is 14.6 Å². The number of pyridine rings is 1. The molecule has 2 N–H and O–H groups in total. The number of halogens is 1. The Morgan fingerprint density at radius 3 is 2.11 bits per heavy atom. The van der Waals surface area contributed by atoms with Crippen LogP contribution in [0, 0.1) is 5.82 Å². The van der Waals surface area contributed by atoms with Crippen molar-refractivity contribution in [2.75, 3.05) is 31.3 Å². The molecule has 1 aromatic carbocycles. The van der Waals surface area contributed by atoms with E-state index < -0.39 is 67.3 Å². The molecule has 1 atom stereocenters. The van der Waals surface area contributed by atoms with Gasteiger partial charge in [0, 0.05) is 24.3 Å². The van der Waals surface area contributed by atoms with E-state index in [9.17, 15) is 22.8 Å². The van der Waals surface area contributed by atoms with Crippen LogP contribution in [-0.4, -0.2) is 84.1 Å². The van der Waals surface area contributed by atoms with E-state index >= 15 is 4.39 Å². The number of aromatic nitrogens is 1. The third-order valence-corrected chi connectivity index (χ3v) is 9.08. The predicted molar refractivity (Wildman–Crippen MR) is 159 cm³/mol. The maximum Gasteiger partial charge on any atom is 0.425 e. The number of amides is 3. The lowest BCUT2D eigenvalue weighted by Crippen LogP contribution is -2.74. The zero-order chi connectivity index (χ0) is 32.7. The highest BCUT2D eigenvalue weighted by molar-refractivity contribution is 7.93. The molecule has 3 heterocycles. The van der Waals surface area contributed by atoms with E-state index in [4.69, 9.17) is 14.2 Å². The maximum atomic E-state index is 15.3. The van der Waals surface area contributed by atoms with Crippen LogP contribution in [0.25, 0.3) is 0 Å². The Morgan fingerprint density at radius 2 is 1.64 bits per heavy atom. The van der Waals surface area contributed by atoms with Gasteiger partial charge in [0.1, 0.15) is 34.3 Å². The fourth-order valence-electron chi connectivity index (χ4n) is 4.53. The predicted octanol–water partition coefficient (Wildman–Crippen LogP) is 3.86. The summed E-state index contributed by atoms with van der Waals surface area (Å²) in [5, 5.41) is 5.49. The molecule has 2 aliphatic rings. The minimum Gasteiger partial charge on any atom is -0.495 e. The van der Waals surface area contributed by atoms with Gasteiger partial charge in [0.05, 0.1) is 25.1 Å². The van der Waals surface area contributed by atoms with Crippen molar-refractivity contribution in [2.45, 2.75) is 63.5 Å². The highest BCUT2D eigenvalue weighted by Gasteiger charge is 2.60. The Labute approximate surface area is 255 Å². The number of sulfone groups is 1. The lowest BCUT2D eigenvalue weighted by atomic mass is 9.98. The molecule has 44 heavy (non-hydrogen) atoms. The van der Waals surface area contributed by atoms with Crippen molar-refractivity contribution in [1.29, 1.82) is 0 Å². The Kier molecular flexibility index (Phi) is 8.77. The molecule has 0 saturated carbocycles. The normalized spacial score (nSPS) is 18.8. The quantitative estimate of drug-likeness (QED) is 0.505. The number of carbonyl (C=O) groups is 3. The molecule has 4 rings (SSSR count). The number of benzene rings is 1. The molecule has 15 heteroatoms. The van der Waals surface area contributed by atoms with Crippen LogP contribution in [0.2, 0.25) is 0 Å². The van der Waals surface area contributed by atoms with E-state index in [0.717, 1.165) is 6.07 Å². The molecule has 13 nitrogen and oxygen atoms in total. The first-order chi connectivity index (χ1) is 20.4. The van der Waals surface area contributed by atoms with Gasteiger partial charge in [-0.15, -0.1) is 0 Å². The van der Waals surface area contributed by atoms with Crippen molar-refractivity contribution >= 4 is 39.5 Å². The topological polar surface area (TPSA) is 166 Å². The zero-order valence-corrected chi connectivity index (χ0v) is 26.4. The van der Waals surface area contributed by atoms with Crippen LogP contribution in [0.5, 0.6) is 5.75 Å². The van der Waals surface area contributed by atoms with Crippen molar-refractivity contribution in [3.05, 3.63) is 53.6 Å². The number of ether oxygens (including phenoxy) is 3. The van der Waals surface area contributed by atoms with Gasteiger partial charge < -0.3 is 24.8 Å². The first kappa shape index (κ1) is 32.8. The van der Waals surface area contributed by atoms with E-state index in [0.29, 0.717) is 10.6 Å². The smallest absolute Gasteiger partial charge is 0.425 e. The van der Waals surface area contributed by atoms with Crippen LogP contribution in [0.15, 0.2) is 41.5 Å². The third kappa shape index (κ3) is 6.83. The molecule has 2 aromatic rings. The summed E-state index contributed by atoms with van der Waals surface area (Å²) in [4.78, 5) is 48.7. The number of aliphatic imine (C=N–C) groups is 1. The molecule has 0 aliphatic carbocycles. The summed E-state index contributed by atoms with van der Waals surface area (Å²) in [5.41, 5.74) is -2.11. The molecule has 1 unspecified atom stereocenters. The molecule has 1 fully saturated rings. The molecule has 1 saturated heterocycles. The average molecular weight is 634 g/mol. The molecule has 3 amide bonds. The number of imide groups is 1. The average Bonchev–Trinajstić information content (AvgIpc) is 2.86. The lowest BCUT2D eigenvalue weighted by molar-refractivity contribution is 0.0136. The first-order valence-electron chi connectivity index (χ1n) is 13.7. The van der Waals surface area contributed by atoms with E-state index in [1.807, 2.05) is 0 Å². The van der Waals surface area contributed by atoms with Crippen molar-refractivity contribution in [2.24, 2.45) is 4.99 Å². The fourth-order valence-corrected chi connectivity index (χ4v) is 6.58. The Hall–Kier alpha value is -4.11. The van der Waals surface area contributed by atoms with Crippen LogP contribution in [0.1, 0.15) is 63.6 Å². The molecular formula is C29H36FN5O8S. The number of nitrogens with zero attached hydrogens (tertiary/aromatic N) is 3. The molecule has 238 valence electrons. The number of nitrogens with one attached hydrogen (secondary N) is 2. The standard InChI is InChI=1S/C29H36FN5O8S/c1-27(2,3)42-25(37)35(26(38)43-28(4,5)6)24-29(15-31-16-29)44(39,40)14-22(34-24)19-12-17(8-10-20(19)30)33-23(36)21-11-9-18(41-7)13-32-21/h8-13,22,31H,14-16H2,1-7H3,(H,33,36). The molecular weight excluding hydrogens is 597 g/mol. The molecule has 1 aromatic heterocycles. The van der Waals surface area contributed by atoms with Gasteiger partial charge in [0.25, 0.3) is 5.91 Å². The largest absolute Gasteiger partial charge is 0.495 e. The molecule has 2 aliphatic heterocycles. The summed E-state index contributed by atoms with van der Waals surface area (Å²) in [6.45, 7) is 9.20. The van der Waals surface area contributed by atoms with Crippen molar-refractivity contribution < 1.29 is 41.4 Å². The number of rotatable bonds is 4. The summed E-state index contributed by atoms with van der Waals surface area (Å²) >= 11 is 0. The first-order valence-corrected chi connectivity index (χ1v) is 15.4. The Bertz CT molecular complexity index is 1560. The second-order valence-electron chi connectivity index (χ2n) is 12.4. The van der Waals surface area contributed by atoms with Crippen molar-refractivity contribution in [3.63, 3.8) is 0 Å². The SMILES string of the molecule is COc1ccc(C(=O)Nc2ccc(F)c(C3CS(=O)(=O)C4(CNC4)C(N(C(=O)OC(C)(C)C)C(=O)OC(C)(C)C)=N3)c2)nc1. The van der Waals surface area contributed by atoms with Gasteiger partial charge in [-0.3, -0.25) is 9.79 Å². The maximum absolute atomic E-state index is 15.3. The van der Waals surface area contributed by atoms with E-state index in [1.165, 1.54) is 31.5 Å². The van der Waals surface area contributed by atoms with Crippen molar-refractivity contribution in [3.8, 4) is 5.75 Å². The second kappa shape index (κ2) is 11.8. The highest BCUT2D eigenvalue weighted by atomic mass is 32.2. The van der Waals surface area contributed by atoms with Gasteiger partial charge in [-0.25, -0.2) is 27.4 Å². The Balaban J connectivity index is 1.78. The highest BCUT2D eigenvalue weighted by Crippen LogP contribution is 2.39. The van der Waals surface area contributed by atoms with E-state index in [2.05, 4.69) is 20.6 Å². The van der Waals surface area contributed by atoms with Crippen LogP contribution < -0.4 is 15.4 Å². The molecule has 1 spiro atoms. The summed E-state index contributed by atoms with van der Waals surface area (Å²) in [6.07, 6.45) is -1.03. The van der Waals surface area contributed by atoms with Gasteiger partial charge in [-0.05, 0) is 71.9 Å². The summed E-state index contributed by atoms with van der Waals surface area (Å²) < 4.78 is 57.2. The number of amidine groups is 1. The van der Waals surface area contributed by atoms with Gasteiger partial charge in [-0.1, -0.05) is 0 Å². The van der Waals surface area contributed by atoms with E-state index in [-0.39, 0.29) is 30.0 Å². The number of carbonyl (C=O) groups excluding carboxylic acids is 3. The zero-order valence-electron chi connectivity index (χ0n) is 25.6. The minimum atomic E-state index is -4.16. The number of hydrogen-bond donors (Lipinski definition) is 2. The van der Waals surface area contributed by atoms with Crippen LogP contribution in [0.4, 0.5) is 19.7 Å². The van der Waals surface area contributed by atoms with Gasteiger partial charge >= 0.3 is 12.2 Å². The van der Waals surface area contributed by atoms with Crippen LogP contribution in [-0.2, 0) is 19.3 Å². The van der Waals surface area contributed by atoms with Gasteiger partial charge in [-0.2, -0.15) is 4.90 Å². The van der Waals surface area contributed by atoms with Crippen molar-refractivity contribution in [1.82, 2.24) is 15.2 Å². The van der Waals surface area contributed by atoms with Crippen LogP contribution >= 0.6 is 0 Å². The van der Waals surface area contributed by atoms with Crippen LogP contribution in [0.3, 0.4) is 0 Å². The molecule has 0 radical (unpaired) electrons. The lowest BCUT2D eigenvalue weighted by Gasteiger charge is -2.47. The third-order valence-electron chi connectivity index (χ3n) is 6.66. The number of hydrogen-bond acceptors (Lipinski definition) is 11. The fraction of sp³-hybridized carbons (Fsp3) is 0.483. The van der Waals surface area contributed by atoms with E-state index in [1.54, 1.807) is 47.6 Å². The number of methoxy groups -OCH3 is 1. The summed E-state index contributed by atoms with van der Waals surface area (Å²) in [7, 11) is -2.70. The Morgan fingerprint density at radius 1 is 1.02 bits per heavy atom. The second-order valence-corrected chi connectivity index (χ2v) is 14.8. The number of anilines is 1. The monoisotopic (exact) mass is 633 g/mol. The molecule has 0 bridgehead atoms. The summed E-state index contributed by atoms with van der Waals surface area (Å²) in [6, 6.07) is 5.21. The summed E-state index contributed by atoms with van der Waals surface area (Å²) in [5.74, 6) is -2.02. The van der Waals surface area contributed by atoms with Gasteiger partial charge in [0.2, 0.25) is 0 Å². The minimum absolute atomic E-state index is 0.0574.